The Morgan fingerprint density at radius 2 is 1.80 bits per heavy atom. The van der Waals surface area contributed by atoms with Crippen LogP contribution in [-0.4, -0.2) is 0 Å². The second-order valence-electron chi connectivity index (χ2n) is 4.47. The average Bonchev–Trinajstić information content (AvgIpc) is 2.23. The van der Waals surface area contributed by atoms with Crippen LogP contribution in [0, 0.1) is 18.8 Å². The molecular weight excluding hydrogens is 180 g/mol. The zero-order valence-electron chi connectivity index (χ0n) is 9.70. The average molecular weight is 198 g/mol. The van der Waals surface area contributed by atoms with Gasteiger partial charge >= 0.3 is 0 Å². The maximum atomic E-state index is 2.31. The summed E-state index contributed by atoms with van der Waals surface area (Å²) in [6.45, 7) is 6.78. The molecule has 0 aromatic heterocycles. The van der Waals surface area contributed by atoms with E-state index in [1.807, 2.05) is 0 Å². The molecule has 15 heavy (non-hydrogen) atoms. The van der Waals surface area contributed by atoms with Gasteiger partial charge in [0.15, 0.2) is 0 Å². The Morgan fingerprint density at radius 3 is 2.53 bits per heavy atom. The van der Waals surface area contributed by atoms with Crippen LogP contribution in [0.5, 0.6) is 0 Å². The fourth-order valence-electron chi connectivity index (χ4n) is 2.17. The highest BCUT2D eigenvalue weighted by atomic mass is 14.2. The molecule has 0 amide bonds. The Bertz CT molecular complexity index is 410. The summed E-state index contributed by atoms with van der Waals surface area (Å²) in [5.74, 6) is 1.26. The quantitative estimate of drug-likeness (QED) is 0.633. The van der Waals surface area contributed by atoms with Crippen LogP contribution in [0.1, 0.15) is 25.0 Å². The third-order valence-electron chi connectivity index (χ3n) is 3.43. The van der Waals surface area contributed by atoms with E-state index >= 15 is 0 Å². The second kappa shape index (κ2) is 4.06. The molecule has 0 fully saturated rings. The van der Waals surface area contributed by atoms with Crippen LogP contribution in [0.15, 0.2) is 42.5 Å². The predicted molar refractivity (Wildman–Crippen MR) is 66.6 cm³/mol. The van der Waals surface area contributed by atoms with E-state index in [1.165, 1.54) is 16.7 Å². The Balaban J connectivity index is 2.43. The lowest BCUT2D eigenvalue weighted by molar-refractivity contribution is 0.568. The number of hydrogen-bond acceptors (Lipinski definition) is 0. The van der Waals surface area contributed by atoms with Crippen LogP contribution in [0.2, 0.25) is 0 Å². The van der Waals surface area contributed by atoms with Crippen molar-refractivity contribution in [1.29, 1.82) is 0 Å². The number of rotatable bonds is 1. The maximum absolute atomic E-state index is 2.31. The molecule has 1 unspecified atom stereocenters. The van der Waals surface area contributed by atoms with Gasteiger partial charge in [-0.15, -0.1) is 0 Å². The molecule has 2 rings (SSSR count). The highest BCUT2D eigenvalue weighted by Gasteiger charge is 2.18. The molecular formula is C15H18. The SMILES string of the molecule is Cc1ccccc1C1=CC=C[C@H](C)C1C. The molecule has 1 aliphatic rings. The van der Waals surface area contributed by atoms with Gasteiger partial charge in [-0.25, -0.2) is 0 Å². The molecule has 1 aromatic carbocycles. The van der Waals surface area contributed by atoms with Crippen molar-refractivity contribution >= 4 is 5.57 Å². The molecule has 0 nitrogen and oxygen atoms in total. The normalized spacial score (nSPS) is 25.1. The molecule has 0 bridgehead atoms. The smallest absolute Gasteiger partial charge is 0.0124 e. The molecule has 2 atom stereocenters. The molecule has 0 heterocycles. The third kappa shape index (κ3) is 1.90. The van der Waals surface area contributed by atoms with Gasteiger partial charge in [0.25, 0.3) is 0 Å². The molecule has 0 saturated heterocycles. The van der Waals surface area contributed by atoms with Gasteiger partial charge in [-0.05, 0) is 35.5 Å². The molecule has 0 N–H and O–H groups in total. The van der Waals surface area contributed by atoms with Gasteiger partial charge in [0.1, 0.15) is 0 Å². The number of hydrogen-bond donors (Lipinski definition) is 0. The van der Waals surface area contributed by atoms with Gasteiger partial charge in [-0.2, -0.15) is 0 Å². The highest BCUT2D eigenvalue weighted by molar-refractivity contribution is 5.72. The molecule has 0 radical (unpaired) electrons. The summed E-state index contributed by atoms with van der Waals surface area (Å²) in [5.41, 5.74) is 4.25. The van der Waals surface area contributed by atoms with Crippen LogP contribution in [-0.2, 0) is 0 Å². The van der Waals surface area contributed by atoms with E-state index in [1.54, 1.807) is 0 Å². The van der Waals surface area contributed by atoms with Crippen molar-refractivity contribution in [3.05, 3.63) is 53.6 Å². The summed E-state index contributed by atoms with van der Waals surface area (Å²) in [5, 5.41) is 0. The van der Waals surface area contributed by atoms with E-state index in [2.05, 4.69) is 63.3 Å². The van der Waals surface area contributed by atoms with Crippen LogP contribution >= 0.6 is 0 Å². The van der Waals surface area contributed by atoms with Gasteiger partial charge in [-0.3, -0.25) is 0 Å². The zero-order chi connectivity index (χ0) is 10.8. The van der Waals surface area contributed by atoms with E-state index in [-0.39, 0.29) is 0 Å². The van der Waals surface area contributed by atoms with E-state index in [0.29, 0.717) is 11.8 Å². The van der Waals surface area contributed by atoms with Gasteiger partial charge in [0.05, 0.1) is 0 Å². The van der Waals surface area contributed by atoms with Gasteiger partial charge in [0, 0.05) is 0 Å². The van der Waals surface area contributed by atoms with Gasteiger partial charge in [0.2, 0.25) is 0 Å². The summed E-state index contributed by atoms with van der Waals surface area (Å²) < 4.78 is 0. The maximum Gasteiger partial charge on any atom is -0.0124 e. The minimum Gasteiger partial charge on any atom is -0.0811 e. The lowest BCUT2D eigenvalue weighted by atomic mass is 9.80. The van der Waals surface area contributed by atoms with Crippen molar-refractivity contribution in [2.24, 2.45) is 11.8 Å². The van der Waals surface area contributed by atoms with E-state index in [0.717, 1.165) is 0 Å². The monoisotopic (exact) mass is 198 g/mol. The lowest BCUT2D eigenvalue weighted by Crippen LogP contribution is -2.11. The number of allylic oxidation sites excluding steroid dienone is 4. The fraction of sp³-hybridized carbons (Fsp3) is 0.333. The van der Waals surface area contributed by atoms with Crippen molar-refractivity contribution in [2.75, 3.05) is 0 Å². The Kier molecular flexibility index (Phi) is 2.77. The molecule has 0 heteroatoms. The highest BCUT2D eigenvalue weighted by Crippen LogP contribution is 2.34. The van der Waals surface area contributed by atoms with Crippen LogP contribution in [0.4, 0.5) is 0 Å². The standard InChI is InChI=1S/C15H18/c1-11-8-6-10-15(13(11)3)14-9-5-4-7-12(14)2/h4-11,13H,1-3H3/t11-,13?/m0/s1. The Morgan fingerprint density at radius 1 is 1.07 bits per heavy atom. The van der Waals surface area contributed by atoms with Crippen LogP contribution in [0.3, 0.4) is 0 Å². The van der Waals surface area contributed by atoms with Gasteiger partial charge < -0.3 is 0 Å². The summed E-state index contributed by atoms with van der Waals surface area (Å²) >= 11 is 0. The number of benzene rings is 1. The molecule has 0 saturated carbocycles. The summed E-state index contributed by atoms with van der Waals surface area (Å²) in [6, 6.07) is 8.64. The molecule has 1 aromatic rings. The van der Waals surface area contributed by atoms with Crippen molar-refractivity contribution in [3.8, 4) is 0 Å². The lowest BCUT2D eigenvalue weighted by Gasteiger charge is -2.24. The van der Waals surface area contributed by atoms with Crippen LogP contribution in [0.25, 0.3) is 5.57 Å². The topological polar surface area (TPSA) is 0 Å². The first-order valence-corrected chi connectivity index (χ1v) is 5.64. The van der Waals surface area contributed by atoms with Crippen molar-refractivity contribution < 1.29 is 0 Å². The minimum absolute atomic E-state index is 0.621. The first-order chi connectivity index (χ1) is 7.20. The third-order valence-corrected chi connectivity index (χ3v) is 3.43. The zero-order valence-corrected chi connectivity index (χ0v) is 9.70. The molecule has 0 spiro atoms. The largest absolute Gasteiger partial charge is 0.0811 e. The second-order valence-corrected chi connectivity index (χ2v) is 4.47. The van der Waals surface area contributed by atoms with Gasteiger partial charge in [-0.1, -0.05) is 56.3 Å². The predicted octanol–water partition coefficient (Wildman–Crippen LogP) is 4.22. The first-order valence-electron chi connectivity index (χ1n) is 5.64. The van der Waals surface area contributed by atoms with E-state index in [9.17, 15) is 0 Å². The van der Waals surface area contributed by atoms with Crippen LogP contribution < -0.4 is 0 Å². The number of aryl methyl sites for hydroxylation is 1. The van der Waals surface area contributed by atoms with E-state index in [4.69, 9.17) is 0 Å². The molecule has 1 aliphatic carbocycles. The molecule has 0 aliphatic heterocycles. The van der Waals surface area contributed by atoms with E-state index < -0.39 is 0 Å². The summed E-state index contributed by atoms with van der Waals surface area (Å²) in [4.78, 5) is 0. The van der Waals surface area contributed by atoms with Crippen molar-refractivity contribution in [2.45, 2.75) is 20.8 Å². The van der Waals surface area contributed by atoms with Crippen molar-refractivity contribution in [1.82, 2.24) is 0 Å². The summed E-state index contributed by atoms with van der Waals surface area (Å²) in [7, 11) is 0. The summed E-state index contributed by atoms with van der Waals surface area (Å²) in [6.07, 6.45) is 6.73. The fourth-order valence-corrected chi connectivity index (χ4v) is 2.17. The Labute approximate surface area is 92.3 Å². The minimum atomic E-state index is 0.621. The first kappa shape index (κ1) is 10.2. The molecule has 78 valence electrons. The Hall–Kier alpha value is -1.30. The van der Waals surface area contributed by atoms with Crippen molar-refractivity contribution in [3.63, 3.8) is 0 Å².